The molecule has 106 valence electrons. The lowest BCUT2D eigenvalue weighted by Gasteiger charge is -2.10. The van der Waals surface area contributed by atoms with Crippen molar-refractivity contribution in [3.8, 4) is 5.75 Å². The fourth-order valence-electron chi connectivity index (χ4n) is 1.79. The lowest BCUT2D eigenvalue weighted by molar-refractivity contribution is 0.303. The van der Waals surface area contributed by atoms with E-state index in [1.807, 2.05) is 12.1 Å². The Hall–Kier alpha value is -0.800. The lowest BCUT2D eigenvalue weighted by atomic mass is 10.2. The zero-order valence-electron chi connectivity index (χ0n) is 11.8. The molecule has 2 nitrogen and oxygen atoms in total. The summed E-state index contributed by atoms with van der Waals surface area (Å²) < 4.78 is 6.82. The van der Waals surface area contributed by atoms with E-state index in [1.165, 1.54) is 18.4 Å². The first kappa shape index (κ1) is 16.3. The van der Waals surface area contributed by atoms with Gasteiger partial charge < -0.3 is 10.1 Å². The number of halogens is 1. The normalized spacial score (nSPS) is 10.4. The van der Waals surface area contributed by atoms with Gasteiger partial charge in [-0.1, -0.05) is 19.1 Å². The topological polar surface area (TPSA) is 21.3 Å². The average Bonchev–Trinajstić information content (AvgIpc) is 2.42. The van der Waals surface area contributed by atoms with Crippen LogP contribution in [0.2, 0.25) is 0 Å². The molecule has 0 saturated carbocycles. The molecule has 0 radical (unpaired) electrons. The molecule has 0 bridgehead atoms. The van der Waals surface area contributed by atoms with E-state index < -0.39 is 0 Å². The van der Waals surface area contributed by atoms with E-state index in [2.05, 4.69) is 46.9 Å². The third-order valence-electron chi connectivity index (χ3n) is 2.89. The van der Waals surface area contributed by atoms with Crippen LogP contribution in [0.1, 0.15) is 38.2 Å². The Labute approximate surface area is 125 Å². The predicted octanol–water partition coefficient (Wildman–Crippen LogP) is 4.68. The van der Waals surface area contributed by atoms with Crippen molar-refractivity contribution < 1.29 is 4.74 Å². The van der Waals surface area contributed by atoms with Crippen LogP contribution in [0, 0.1) is 0 Å². The van der Waals surface area contributed by atoms with Crippen LogP contribution in [0.3, 0.4) is 0 Å². The van der Waals surface area contributed by atoms with E-state index in [1.54, 1.807) is 0 Å². The summed E-state index contributed by atoms with van der Waals surface area (Å²) >= 11 is 3.57. The molecule has 19 heavy (non-hydrogen) atoms. The van der Waals surface area contributed by atoms with Crippen molar-refractivity contribution in [3.05, 3.63) is 40.9 Å². The molecule has 0 saturated heterocycles. The number of unbranched alkanes of at least 4 members (excludes halogenated alkanes) is 3. The Morgan fingerprint density at radius 1 is 1.32 bits per heavy atom. The van der Waals surface area contributed by atoms with E-state index in [4.69, 9.17) is 4.74 Å². The molecule has 0 aliphatic rings. The van der Waals surface area contributed by atoms with Crippen LogP contribution in [0.15, 0.2) is 35.3 Å². The molecule has 0 aliphatic heterocycles. The summed E-state index contributed by atoms with van der Waals surface area (Å²) in [7, 11) is 0. The Bertz CT molecular complexity index is 379. The van der Waals surface area contributed by atoms with Gasteiger partial charge in [-0.3, -0.25) is 0 Å². The third kappa shape index (κ3) is 6.79. The van der Waals surface area contributed by atoms with Crippen LogP contribution in [-0.4, -0.2) is 13.2 Å². The van der Waals surface area contributed by atoms with E-state index in [9.17, 15) is 0 Å². The molecule has 0 aliphatic carbocycles. The first-order valence-electron chi connectivity index (χ1n) is 7.00. The van der Waals surface area contributed by atoms with Crippen molar-refractivity contribution in [2.45, 2.75) is 39.2 Å². The molecule has 1 aromatic carbocycles. The number of hydrogen-bond donors (Lipinski definition) is 1. The second kappa shape index (κ2) is 10.0. The van der Waals surface area contributed by atoms with Crippen LogP contribution in [0.25, 0.3) is 0 Å². The minimum Gasteiger partial charge on any atom is -0.492 e. The van der Waals surface area contributed by atoms with Crippen LogP contribution < -0.4 is 10.1 Å². The molecule has 0 unspecified atom stereocenters. The molecule has 1 aromatic rings. The van der Waals surface area contributed by atoms with Crippen molar-refractivity contribution in [3.63, 3.8) is 0 Å². The largest absolute Gasteiger partial charge is 0.492 e. The summed E-state index contributed by atoms with van der Waals surface area (Å²) in [6, 6.07) is 6.27. The number of benzene rings is 1. The number of nitrogens with one attached hydrogen (secondary N) is 1. The Morgan fingerprint density at radius 3 is 2.84 bits per heavy atom. The van der Waals surface area contributed by atoms with Crippen LogP contribution in [-0.2, 0) is 6.54 Å². The zero-order chi connectivity index (χ0) is 13.9. The minimum absolute atomic E-state index is 0.780. The maximum atomic E-state index is 5.78. The maximum absolute atomic E-state index is 5.78. The maximum Gasteiger partial charge on any atom is 0.133 e. The highest BCUT2D eigenvalue weighted by Gasteiger charge is 2.02. The summed E-state index contributed by atoms with van der Waals surface area (Å²) in [5, 5.41) is 3.31. The van der Waals surface area contributed by atoms with Crippen LogP contribution in [0.4, 0.5) is 0 Å². The van der Waals surface area contributed by atoms with Gasteiger partial charge in [0.1, 0.15) is 5.75 Å². The quantitative estimate of drug-likeness (QED) is 0.498. The molecule has 1 N–H and O–H groups in total. The van der Waals surface area contributed by atoms with Crippen molar-refractivity contribution in [1.29, 1.82) is 0 Å². The van der Waals surface area contributed by atoms with Crippen molar-refractivity contribution in [2.75, 3.05) is 13.2 Å². The van der Waals surface area contributed by atoms with E-state index in [0.717, 1.165) is 42.8 Å². The number of rotatable bonds is 10. The molecular weight excluding hydrogens is 302 g/mol. The summed E-state index contributed by atoms with van der Waals surface area (Å²) in [5.41, 5.74) is 1.27. The molecule has 0 amide bonds. The molecule has 0 spiro atoms. The summed E-state index contributed by atoms with van der Waals surface area (Å²) in [6.07, 6.45) is 6.57. The molecule has 0 heterocycles. The van der Waals surface area contributed by atoms with Gasteiger partial charge in [0.2, 0.25) is 0 Å². The van der Waals surface area contributed by atoms with Gasteiger partial charge in [0.25, 0.3) is 0 Å². The molecule has 0 fully saturated rings. The van der Waals surface area contributed by atoms with E-state index >= 15 is 0 Å². The Morgan fingerprint density at radius 2 is 2.16 bits per heavy atom. The van der Waals surface area contributed by atoms with Gasteiger partial charge in [-0.05, 0) is 65.9 Å². The number of allylic oxidation sites excluding steroid dienone is 1. The minimum atomic E-state index is 0.780. The van der Waals surface area contributed by atoms with E-state index in [-0.39, 0.29) is 0 Å². The molecule has 3 heteroatoms. The zero-order valence-corrected chi connectivity index (χ0v) is 13.3. The van der Waals surface area contributed by atoms with Gasteiger partial charge >= 0.3 is 0 Å². The standard InChI is InChI=1S/C16H24BrNO/c1-3-5-6-7-8-11-19-16-10-9-14(12-15(16)17)13-18-4-2/h3,9-10,12,18H,1,4-8,11,13H2,2H3. The summed E-state index contributed by atoms with van der Waals surface area (Å²) in [6.45, 7) is 8.50. The highest BCUT2D eigenvalue weighted by atomic mass is 79.9. The Kier molecular flexibility index (Phi) is 8.59. The van der Waals surface area contributed by atoms with Crippen molar-refractivity contribution in [1.82, 2.24) is 5.32 Å². The first-order valence-corrected chi connectivity index (χ1v) is 7.80. The second-order valence-electron chi connectivity index (χ2n) is 4.53. The average molecular weight is 326 g/mol. The highest BCUT2D eigenvalue weighted by molar-refractivity contribution is 9.10. The van der Waals surface area contributed by atoms with Crippen LogP contribution in [0.5, 0.6) is 5.75 Å². The summed E-state index contributed by atoms with van der Waals surface area (Å²) in [5.74, 6) is 0.934. The van der Waals surface area contributed by atoms with Gasteiger partial charge in [-0.2, -0.15) is 0 Å². The Balaban J connectivity index is 2.31. The SMILES string of the molecule is C=CCCCCCOc1ccc(CNCC)cc1Br. The van der Waals surface area contributed by atoms with Gasteiger partial charge in [-0.25, -0.2) is 0 Å². The number of hydrogen-bond acceptors (Lipinski definition) is 2. The first-order chi connectivity index (χ1) is 9.27. The van der Waals surface area contributed by atoms with Gasteiger partial charge in [0, 0.05) is 6.54 Å². The molecule has 0 atom stereocenters. The van der Waals surface area contributed by atoms with Gasteiger partial charge in [0.05, 0.1) is 11.1 Å². The third-order valence-corrected chi connectivity index (χ3v) is 3.51. The number of ether oxygens (including phenoxy) is 1. The monoisotopic (exact) mass is 325 g/mol. The van der Waals surface area contributed by atoms with E-state index in [0.29, 0.717) is 0 Å². The smallest absolute Gasteiger partial charge is 0.133 e. The van der Waals surface area contributed by atoms with Gasteiger partial charge in [0.15, 0.2) is 0 Å². The fraction of sp³-hybridized carbons (Fsp3) is 0.500. The molecule has 1 rings (SSSR count). The second-order valence-corrected chi connectivity index (χ2v) is 5.39. The van der Waals surface area contributed by atoms with Crippen LogP contribution >= 0.6 is 15.9 Å². The lowest BCUT2D eigenvalue weighted by Crippen LogP contribution is -2.11. The summed E-state index contributed by atoms with van der Waals surface area (Å²) in [4.78, 5) is 0. The predicted molar refractivity (Wildman–Crippen MR) is 85.7 cm³/mol. The van der Waals surface area contributed by atoms with Crippen molar-refractivity contribution >= 4 is 15.9 Å². The fourth-order valence-corrected chi connectivity index (χ4v) is 2.33. The van der Waals surface area contributed by atoms with Crippen molar-refractivity contribution in [2.24, 2.45) is 0 Å². The molecular formula is C16H24BrNO. The van der Waals surface area contributed by atoms with Gasteiger partial charge in [-0.15, -0.1) is 6.58 Å². The molecule has 0 aromatic heterocycles. The highest BCUT2D eigenvalue weighted by Crippen LogP contribution is 2.26.